The van der Waals surface area contributed by atoms with Crippen LogP contribution in [0.4, 0.5) is 4.79 Å². The zero-order valence-electron chi connectivity index (χ0n) is 33.7. The summed E-state index contributed by atoms with van der Waals surface area (Å²) in [5, 5.41) is 34.5. The number of aliphatic hydroxyl groups excluding tert-OH is 3. The zero-order chi connectivity index (χ0) is 42.9. The molecular formula is C41H56Br2N2O15. The molecule has 0 bridgehead atoms. The first-order valence-electron chi connectivity index (χ1n) is 20.3. The largest absolute Gasteiger partial charge is 0.489 e. The number of H-pyrrole nitrogens is 1. The standard InChI is InChI=1S/C41H56Br2N2O15/c1-52-40(50)27-21-31(37(48)38(49)36(27)47)60-32-23-45-30-22-29(42)39(35(43)34(30)32)57-19-17-55-15-16-56-18-20-58-41(51)44-10-12-54-14-13-53-11-6-9-33(46)59-24-28-25-7-4-2-3-5-8-26(25)28/h22-23,25-28,31,36-38,45,47-49H,4-21,24H2,1H3,(H,44,51)/t25-,26+,27-,28?,31+,36+,37-,38-/m0/s1. The van der Waals surface area contributed by atoms with Crippen molar-refractivity contribution in [1.29, 1.82) is 0 Å². The molecule has 8 atom stereocenters. The predicted octanol–water partition coefficient (Wildman–Crippen LogP) is 3.65. The number of aromatic nitrogens is 1. The number of rotatable bonds is 25. The summed E-state index contributed by atoms with van der Waals surface area (Å²) in [6, 6.07) is 1.79. The van der Waals surface area contributed by atoms with E-state index in [1.54, 1.807) is 12.3 Å². The molecular weight excluding hydrogens is 920 g/mol. The maximum absolute atomic E-state index is 12.2. The molecule has 3 aliphatic carbocycles. The third kappa shape index (κ3) is 14.2. The first-order valence-corrected chi connectivity index (χ1v) is 21.9. The second-order valence-corrected chi connectivity index (χ2v) is 16.3. The smallest absolute Gasteiger partial charge is 0.407 e. The quantitative estimate of drug-likeness (QED) is 0.0415. The van der Waals surface area contributed by atoms with Gasteiger partial charge in [-0.15, -0.1) is 11.8 Å². The Kier molecular flexibility index (Phi) is 20.0. The minimum Gasteiger partial charge on any atom is -0.489 e. The first-order chi connectivity index (χ1) is 29.1. The van der Waals surface area contributed by atoms with Crippen molar-refractivity contribution in [2.24, 2.45) is 23.7 Å². The lowest BCUT2D eigenvalue weighted by molar-refractivity contribution is -0.177. The highest BCUT2D eigenvalue weighted by molar-refractivity contribution is 9.11. The number of aromatic amines is 1. The van der Waals surface area contributed by atoms with E-state index in [2.05, 4.69) is 54.0 Å². The Morgan fingerprint density at radius 1 is 0.833 bits per heavy atom. The van der Waals surface area contributed by atoms with Crippen LogP contribution in [-0.4, -0.2) is 149 Å². The number of aliphatic hydroxyl groups is 3. The highest BCUT2D eigenvalue weighted by atomic mass is 79.9. The van der Waals surface area contributed by atoms with Gasteiger partial charge < -0.3 is 68.3 Å². The minimum absolute atomic E-state index is 0.0672. The summed E-state index contributed by atoms with van der Waals surface area (Å²) in [6.45, 7) is 3.56. The fourth-order valence-electron chi connectivity index (χ4n) is 7.43. The Bertz CT molecular complexity index is 1730. The van der Waals surface area contributed by atoms with Crippen molar-refractivity contribution in [2.45, 2.75) is 69.4 Å². The monoisotopic (exact) mass is 974 g/mol. The summed E-state index contributed by atoms with van der Waals surface area (Å²) in [6.07, 6.45) is 0.426. The summed E-state index contributed by atoms with van der Waals surface area (Å²) >= 11 is 7.10. The molecule has 1 amide bonds. The number of fused-ring (bicyclic) bond motifs is 2. The number of esters is 2. The third-order valence-electron chi connectivity index (χ3n) is 10.7. The van der Waals surface area contributed by atoms with Crippen LogP contribution in [0.3, 0.4) is 0 Å². The van der Waals surface area contributed by atoms with Crippen LogP contribution in [-0.2, 0) is 42.7 Å². The Hall–Kier alpha value is -3.19. The summed E-state index contributed by atoms with van der Waals surface area (Å²) in [5.41, 5.74) is 0.680. The van der Waals surface area contributed by atoms with Gasteiger partial charge in [-0.05, 0) is 74.9 Å². The van der Waals surface area contributed by atoms with Crippen LogP contribution in [0, 0.1) is 35.5 Å². The van der Waals surface area contributed by atoms with Crippen LogP contribution in [0.15, 0.2) is 21.2 Å². The van der Waals surface area contributed by atoms with Gasteiger partial charge in [-0.2, -0.15) is 0 Å². The topological polar surface area (TPSA) is 223 Å². The number of hydrogen-bond donors (Lipinski definition) is 5. The molecule has 0 spiro atoms. The molecule has 2 aromatic rings. The maximum Gasteiger partial charge on any atom is 0.407 e. The van der Waals surface area contributed by atoms with Crippen molar-refractivity contribution < 1.29 is 72.3 Å². The molecule has 1 aromatic carbocycles. The number of carbonyl (C=O) groups is 3. The van der Waals surface area contributed by atoms with Crippen LogP contribution in [0.1, 0.15) is 44.9 Å². The Balaban J connectivity index is 0.833. The molecule has 1 heterocycles. The number of carbonyl (C=O) groups excluding carboxylic acids is 3. The number of halogens is 2. The molecule has 19 heteroatoms. The highest BCUT2D eigenvalue weighted by Crippen LogP contribution is 2.52. The highest BCUT2D eigenvalue weighted by Gasteiger charge is 2.49. The molecule has 2 fully saturated rings. The van der Waals surface area contributed by atoms with Crippen LogP contribution in [0.25, 0.3) is 10.9 Å². The zero-order valence-corrected chi connectivity index (χ0v) is 36.9. The van der Waals surface area contributed by atoms with Gasteiger partial charge in [0.2, 0.25) is 0 Å². The first kappa shape index (κ1) is 47.9. The van der Waals surface area contributed by atoms with Gasteiger partial charge in [-0.3, -0.25) is 9.59 Å². The van der Waals surface area contributed by atoms with Crippen LogP contribution >= 0.6 is 31.9 Å². The van der Waals surface area contributed by atoms with Gasteiger partial charge in [-0.1, -0.05) is 0 Å². The van der Waals surface area contributed by atoms with E-state index in [0.717, 1.165) is 25.7 Å². The van der Waals surface area contributed by atoms with Gasteiger partial charge in [0.25, 0.3) is 0 Å². The second kappa shape index (κ2) is 25.1. The normalized spacial score (nSPS) is 24.6. The van der Waals surface area contributed by atoms with Gasteiger partial charge in [0, 0.05) is 45.0 Å². The number of hydrogen-bond acceptors (Lipinski definition) is 15. The van der Waals surface area contributed by atoms with Gasteiger partial charge in [-0.25, -0.2) is 4.79 Å². The van der Waals surface area contributed by atoms with E-state index in [9.17, 15) is 29.7 Å². The van der Waals surface area contributed by atoms with Gasteiger partial charge in [0.1, 0.15) is 43.0 Å². The molecule has 0 aliphatic heterocycles. The van der Waals surface area contributed by atoms with Crippen LogP contribution in [0.5, 0.6) is 11.5 Å². The molecule has 1 unspecified atom stereocenters. The van der Waals surface area contributed by atoms with E-state index in [1.165, 1.54) is 7.11 Å². The summed E-state index contributed by atoms with van der Waals surface area (Å²) in [4.78, 5) is 39.3. The molecule has 0 saturated heterocycles. The number of ether oxygens (including phenoxy) is 9. The number of alkyl carbamates (subject to hydrolysis) is 1. The van der Waals surface area contributed by atoms with E-state index in [4.69, 9.17) is 42.6 Å². The fraction of sp³-hybridized carbons (Fsp3) is 0.683. The molecule has 17 nitrogen and oxygen atoms in total. The lowest BCUT2D eigenvalue weighted by Gasteiger charge is -2.38. The van der Waals surface area contributed by atoms with E-state index in [0.29, 0.717) is 95.0 Å². The van der Waals surface area contributed by atoms with Gasteiger partial charge in [0.05, 0.1) is 91.8 Å². The Labute approximate surface area is 366 Å². The number of benzene rings is 1. The molecule has 2 saturated carbocycles. The molecule has 60 heavy (non-hydrogen) atoms. The van der Waals surface area contributed by atoms with E-state index in [1.807, 2.05) is 0 Å². The molecule has 1 aromatic heterocycles. The Morgan fingerprint density at radius 3 is 2.18 bits per heavy atom. The molecule has 3 aliphatic rings. The van der Waals surface area contributed by atoms with Crippen molar-refractivity contribution in [3.8, 4) is 23.3 Å². The molecule has 0 radical (unpaired) electrons. The molecule has 334 valence electrons. The van der Waals surface area contributed by atoms with Crippen molar-refractivity contribution in [3.05, 3.63) is 21.2 Å². The predicted molar refractivity (Wildman–Crippen MR) is 221 cm³/mol. The van der Waals surface area contributed by atoms with Crippen molar-refractivity contribution in [1.82, 2.24) is 10.3 Å². The van der Waals surface area contributed by atoms with Crippen molar-refractivity contribution >= 4 is 60.8 Å². The van der Waals surface area contributed by atoms with Gasteiger partial charge in [0.15, 0.2) is 0 Å². The molecule has 5 rings (SSSR count). The van der Waals surface area contributed by atoms with Crippen molar-refractivity contribution in [3.63, 3.8) is 0 Å². The number of nitrogens with one attached hydrogen (secondary N) is 2. The van der Waals surface area contributed by atoms with Crippen LogP contribution < -0.4 is 14.8 Å². The summed E-state index contributed by atoms with van der Waals surface area (Å²) in [7, 11) is 1.18. The number of methoxy groups -OCH3 is 1. The SMILES string of the molecule is COC(=O)[C@H]1C[C@@H](Oc2c[nH]c3cc(Br)c(OCCOCCOCCOC(=O)NCCOCCOCCCC(=O)OCC4[C@H]5CCC#CCC[C@@H]45)c(Br)c23)[C@H](O)[C@@H](O)[C@@H]1O. The maximum atomic E-state index is 12.2. The average molecular weight is 977 g/mol. The van der Waals surface area contributed by atoms with Crippen molar-refractivity contribution in [2.75, 3.05) is 86.3 Å². The third-order valence-corrected chi connectivity index (χ3v) is 12.0. The molecule has 5 N–H and O–H groups in total. The lowest BCUT2D eigenvalue weighted by Crippen LogP contribution is -2.57. The van der Waals surface area contributed by atoms with E-state index in [-0.39, 0.29) is 58.6 Å². The van der Waals surface area contributed by atoms with Gasteiger partial charge >= 0.3 is 18.0 Å². The van der Waals surface area contributed by atoms with E-state index < -0.39 is 42.4 Å². The number of amides is 1. The van der Waals surface area contributed by atoms with E-state index >= 15 is 0 Å². The van der Waals surface area contributed by atoms with Crippen LogP contribution in [0.2, 0.25) is 0 Å². The summed E-state index contributed by atoms with van der Waals surface area (Å²) < 4.78 is 50.6. The fourth-order valence-corrected chi connectivity index (χ4v) is 8.98. The average Bonchev–Trinajstić information content (AvgIpc) is 3.70. The minimum atomic E-state index is -1.61. The summed E-state index contributed by atoms with van der Waals surface area (Å²) in [5.74, 6) is 7.06. The Morgan fingerprint density at radius 2 is 1.48 bits per heavy atom. The lowest BCUT2D eigenvalue weighted by atomic mass is 9.80. The second-order valence-electron chi connectivity index (χ2n) is 14.6.